The van der Waals surface area contributed by atoms with Crippen molar-refractivity contribution in [2.75, 3.05) is 0 Å². The third-order valence-electron chi connectivity index (χ3n) is 1.92. The lowest BCUT2D eigenvalue weighted by atomic mass is 9.99. The van der Waals surface area contributed by atoms with Crippen molar-refractivity contribution in [3.63, 3.8) is 0 Å². The summed E-state index contributed by atoms with van der Waals surface area (Å²) in [7, 11) is 0. The van der Waals surface area contributed by atoms with Gasteiger partial charge in [-0.3, -0.25) is 0 Å². The van der Waals surface area contributed by atoms with E-state index in [0.29, 0.717) is 6.04 Å². The molecule has 0 bridgehead atoms. The van der Waals surface area contributed by atoms with Gasteiger partial charge < -0.3 is 5.73 Å². The van der Waals surface area contributed by atoms with Crippen molar-refractivity contribution in [3.05, 3.63) is 16.1 Å². The zero-order valence-corrected chi connectivity index (χ0v) is 6.53. The van der Waals surface area contributed by atoms with E-state index in [1.165, 1.54) is 10.6 Å². The highest BCUT2D eigenvalue weighted by Gasteiger charge is 2.16. The van der Waals surface area contributed by atoms with Crippen molar-refractivity contribution >= 4 is 11.3 Å². The number of aromatic nitrogens is 1. The first kappa shape index (κ1) is 6.31. The van der Waals surface area contributed by atoms with Crippen molar-refractivity contribution in [2.45, 2.75) is 25.3 Å². The van der Waals surface area contributed by atoms with Crippen LogP contribution in [0.5, 0.6) is 0 Å². The minimum atomic E-state index is 0.356. The molecule has 10 heavy (non-hydrogen) atoms. The number of rotatable bonds is 0. The van der Waals surface area contributed by atoms with Gasteiger partial charge in [-0.2, -0.15) is 0 Å². The predicted octanol–water partition coefficient (Wildman–Crippen LogP) is 0.959. The van der Waals surface area contributed by atoms with Gasteiger partial charge in [0.15, 0.2) is 0 Å². The van der Waals surface area contributed by atoms with Gasteiger partial charge in [0.2, 0.25) is 0 Å². The van der Waals surface area contributed by atoms with E-state index in [9.17, 15) is 0 Å². The maximum atomic E-state index is 5.77. The van der Waals surface area contributed by atoms with E-state index in [-0.39, 0.29) is 0 Å². The fraction of sp³-hybridized carbons (Fsp3) is 0.571. The molecule has 0 fully saturated rings. The lowest BCUT2D eigenvalue weighted by molar-refractivity contribution is 0.574. The summed E-state index contributed by atoms with van der Waals surface area (Å²) in [6.07, 6.45) is 3.26. The van der Waals surface area contributed by atoms with Gasteiger partial charge in [0.25, 0.3) is 0 Å². The molecule has 2 nitrogen and oxygen atoms in total. The van der Waals surface area contributed by atoms with Crippen LogP contribution >= 0.6 is 11.3 Å². The van der Waals surface area contributed by atoms with Crippen LogP contribution in [0.3, 0.4) is 0 Å². The standard InChI is InChI=1S/C7H10N2S/c8-5-1-2-7-6(3-5)9-4-10-7/h4-5H,1-3,8H2/t5-/m1/s1. The number of thiazole rings is 1. The van der Waals surface area contributed by atoms with Crippen molar-refractivity contribution in [1.29, 1.82) is 0 Å². The maximum absolute atomic E-state index is 5.77. The third kappa shape index (κ3) is 0.954. The molecule has 0 amide bonds. The summed E-state index contributed by atoms with van der Waals surface area (Å²) in [5.41, 5.74) is 8.93. The lowest BCUT2D eigenvalue weighted by Gasteiger charge is -2.15. The van der Waals surface area contributed by atoms with Crippen LogP contribution in [0.1, 0.15) is 17.0 Å². The molecule has 0 saturated carbocycles. The molecule has 0 aromatic carbocycles. The van der Waals surface area contributed by atoms with Gasteiger partial charge in [-0.1, -0.05) is 0 Å². The first-order valence-electron chi connectivity index (χ1n) is 3.53. The molecule has 1 aliphatic carbocycles. The normalized spacial score (nSPS) is 24.3. The largest absolute Gasteiger partial charge is 0.327 e. The Morgan fingerprint density at radius 1 is 1.70 bits per heavy atom. The first-order valence-corrected chi connectivity index (χ1v) is 4.41. The molecular formula is C7H10N2S. The Kier molecular flexibility index (Phi) is 1.47. The second kappa shape index (κ2) is 2.32. The van der Waals surface area contributed by atoms with Gasteiger partial charge in [-0.05, 0) is 12.8 Å². The van der Waals surface area contributed by atoms with E-state index in [4.69, 9.17) is 5.73 Å². The maximum Gasteiger partial charge on any atom is 0.0797 e. The summed E-state index contributed by atoms with van der Waals surface area (Å²) < 4.78 is 0. The monoisotopic (exact) mass is 154 g/mol. The summed E-state index contributed by atoms with van der Waals surface area (Å²) in [5, 5.41) is 0. The van der Waals surface area contributed by atoms with Gasteiger partial charge in [0, 0.05) is 17.3 Å². The van der Waals surface area contributed by atoms with Crippen molar-refractivity contribution in [1.82, 2.24) is 4.98 Å². The summed E-state index contributed by atoms with van der Waals surface area (Å²) in [5.74, 6) is 0. The minimum absolute atomic E-state index is 0.356. The van der Waals surface area contributed by atoms with E-state index >= 15 is 0 Å². The van der Waals surface area contributed by atoms with Gasteiger partial charge in [-0.15, -0.1) is 11.3 Å². The second-order valence-electron chi connectivity index (χ2n) is 2.73. The zero-order valence-electron chi connectivity index (χ0n) is 5.71. The first-order chi connectivity index (χ1) is 4.86. The molecule has 3 heteroatoms. The number of nitrogens with two attached hydrogens (primary N) is 1. The van der Waals surface area contributed by atoms with Gasteiger partial charge in [-0.25, -0.2) is 4.98 Å². The number of hydrogen-bond donors (Lipinski definition) is 1. The molecule has 1 aromatic heterocycles. The molecule has 2 N–H and O–H groups in total. The quantitative estimate of drug-likeness (QED) is 0.604. The molecular weight excluding hydrogens is 144 g/mol. The fourth-order valence-corrected chi connectivity index (χ4v) is 2.15. The highest BCUT2D eigenvalue weighted by Crippen LogP contribution is 2.22. The average molecular weight is 154 g/mol. The van der Waals surface area contributed by atoms with Crippen LogP contribution in [0.25, 0.3) is 0 Å². The Morgan fingerprint density at radius 2 is 2.60 bits per heavy atom. The van der Waals surface area contributed by atoms with Crippen LogP contribution in [-0.4, -0.2) is 11.0 Å². The number of hydrogen-bond acceptors (Lipinski definition) is 3. The van der Waals surface area contributed by atoms with Crippen molar-refractivity contribution < 1.29 is 0 Å². The molecule has 0 radical (unpaired) electrons. The molecule has 1 heterocycles. The lowest BCUT2D eigenvalue weighted by Crippen LogP contribution is -2.27. The highest BCUT2D eigenvalue weighted by atomic mass is 32.1. The second-order valence-corrected chi connectivity index (χ2v) is 3.66. The topological polar surface area (TPSA) is 38.9 Å². The minimum Gasteiger partial charge on any atom is -0.327 e. The van der Waals surface area contributed by atoms with Crippen LogP contribution in [0.15, 0.2) is 5.51 Å². The van der Waals surface area contributed by atoms with E-state index in [1.807, 2.05) is 5.51 Å². The third-order valence-corrected chi connectivity index (χ3v) is 2.86. The molecule has 0 aliphatic heterocycles. The van der Waals surface area contributed by atoms with Crippen LogP contribution in [0.2, 0.25) is 0 Å². The Balaban J connectivity index is 2.30. The van der Waals surface area contributed by atoms with Crippen LogP contribution in [0.4, 0.5) is 0 Å². The number of aryl methyl sites for hydroxylation is 1. The van der Waals surface area contributed by atoms with E-state index in [0.717, 1.165) is 19.3 Å². The average Bonchev–Trinajstić information content (AvgIpc) is 2.33. The summed E-state index contributed by atoms with van der Waals surface area (Å²) in [4.78, 5) is 5.69. The zero-order chi connectivity index (χ0) is 6.97. The van der Waals surface area contributed by atoms with Crippen molar-refractivity contribution in [2.24, 2.45) is 5.73 Å². The van der Waals surface area contributed by atoms with E-state index in [2.05, 4.69) is 4.98 Å². The Hall–Kier alpha value is -0.410. The molecule has 0 unspecified atom stereocenters. The molecule has 1 aliphatic rings. The Labute approximate surface area is 64.1 Å². The number of fused-ring (bicyclic) bond motifs is 1. The Bertz CT molecular complexity index is 231. The van der Waals surface area contributed by atoms with Gasteiger partial charge >= 0.3 is 0 Å². The molecule has 0 saturated heterocycles. The SMILES string of the molecule is N[C@@H]1CCc2scnc2C1. The fourth-order valence-electron chi connectivity index (χ4n) is 1.33. The van der Waals surface area contributed by atoms with Crippen LogP contribution in [0, 0.1) is 0 Å². The van der Waals surface area contributed by atoms with Gasteiger partial charge in [0.05, 0.1) is 11.2 Å². The summed E-state index contributed by atoms with van der Waals surface area (Å²) >= 11 is 1.76. The van der Waals surface area contributed by atoms with Gasteiger partial charge in [0.1, 0.15) is 0 Å². The summed E-state index contributed by atoms with van der Waals surface area (Å²) in [6.45, 7) is 0. The predicted molar refractivity (Wildman–Crippen MR) is 42.1 cm³/mol. The van der Waals surface area contributed by atoms with Crippen molar-refractivity contribution in [3.8, 4) is 0 Å². The van der Waals surface area contributed by atoms with E-state index < -0.39 is 0 Å². The molecule has 1 aromatic rings. The number of nitrogens with zero attached hydrogens (tertiary/aromatic N) is 1. The molecule has 1 atom stereocenters. The smallest absolute Gasteiger partial charge is 0.0797 e. The molecule has 54 valence electrons. The van der Waals surface area contributed by atoms with Crippen LogP contribution < -0.4 is 5.73 Å². The van der Waals surface area contributed by atoms with E-state index in [1.54, 1.807) is 11.3 Å². The summed E-state index contributed by atoms with van der Waals surface area (Å²) in [6, 6.07) is 0.356. The highest BCUT2D eigenvalue weighted by molar-refractivity contribution is 7.09. The molecule has 2 rings (SSSR count). The van der Waals surface area contributed by atoms with Crippen LogP contribution in [-0.2, 0) is 12.8 Å². The molecule has 0 spiro atoms. The Morgan fingerprint density at radius 3 is 3.50 bits per heavy atom.